The average molecular weight is 491 g/mol. The summed E-state index contributed by atoms with van der Waals surface area (Å²) in [7, 11) is -2.88. The fourth-order valence-electron chi connectivity index (χ4n) is 3.57. The Kier molecular flexibility index (Phi) is 6.85. The van der Waals surface area contributed by atoms with E-state index in [-0.39, 0.29) is 42.0 Å². The van der Waals surface area contributed by atoms with E-state index in [1.54, 1.807) is 18.4 Å². The molecule has 0 fully saturated rings. The number of benzene rings is 1. The Morgan fingerprint density at radius 2 is 1.94 bits per heavy atom. The van der Waals surface area contributed by atoms with Crippen LogP contribution in [0.5, 0.6) is 11.6 Å². The summed E-state index contributed by atoms with van der Waals surface area (Å²) in [4.78, 5) is 19.9. The topological polar surface area (TPSA) is 106 Å². The zero-order valence-corrected chi connectivity index (χ0v) is 19.5. The van der Waals surface area contributed by atoms with Crippen molar-refractivity contribution in [1.82, 2.24) is 9.97 Å². The average Bonchev–Trinajstić information content (AvgIpc) is 2.73. The van der Waals surface area contributed by atoms with Crippen molar-refractivity contribution in [3.05, 3.63) is 59.8 Å². The first kappa shape index (κ1) is 23.7. The van der Waals surface area contributed by atoms with Crippen LogP contribution in [-0.4, -0.2) is 39.9 Å². The molecule has 0 aliphatic carbocycles. The Bertz CT molecular complexity index is 1300. The summed E-state index contributed by atoms with van der Waals surface area (Å²) >= 11 is 0. The van der Waals surface area contributed by atoms with E-state index in [2.05, 4.69) is 19.6 Å². The molecule has 0 saturated carbocycles. The SMILES string of the molecule is CC(=O)N=[SH](C)(O)Cc1cc2nc(c1)OCCCOc1cc(F)ccc1-c1cc(ncc1F)N2. The second-order valence-corrected chi connectivity index (χ2v) is 10.6. The lowest BCUT2D eigenvalue weighted by atomic mass is 10.0. The monoisotopic (exact) mass is 490 g/mol. The minimum atomic E-state index is -2.88. The van der Waals surface area contributed by atoms with Crippen LogP contribution in [-0.2, 0) is 20.7 Å². The number of rotatable bonds is 2. The van der Waals surface area contributed by atoms with Crippen LogP contribution in [0.25, 0.3) is 11.1 Å². The number of aromatic nitrogens is 2. The minimum Gasteiger partial charge on any atom is -0.493 e. The van der Waals surface area contributed by atoms with Crippen molar-refractivity contribution >= 4 is 27.6 Å². The Labute approximate surface area is 196 Å². The van der Waals surface area contributed by atoms with Gasteiger partial charge in [0.1, 0.15) is 29.0 Å². The number of pyridine rings is 2. The molecule has 0 saturated heterocycles. The molecule has 2 aromatic heterocycles. The molecule has 11 heteroatoms. The Morgan fingerprint density at radius 1 is 1.15 bits per heavy atom. The maximum Gasteiger partial charge on any atom is 0.248 e. The lowest BCUT2D eigenvalue weighted by Crippen LogP contribution is -2.14. The van der Waals surface area contributed by atoms with Gasteiger partial charge in [0.25, 0.3) is 0 Å². The summed E-state index contributed by atoms with van der Waals surface area (Å²) in [6.45, 7) is 1.75. The number of anilines is 2. The van der Waals surface area contributed by atoms with Gasteiger partial charge < -0.3 is 19.3 Å². The first-order valence-electron chi connectivity index (χ1n) is 10.5. The van der Waals surface area contributed by atoms with Crippen molar-refractivity contribution in [2.75, 3.05) is 24.8 Å². The van der Waals surface area contributed by atoms with Crippen molar-refractivity contribution < 1.29 is 27.6 Å². The molecule has 8 nitrogen and oxygen atoms in total. The summed E-state index contributed by atoms with van der Waals surface area (Å²) in [5.41, 5.74) is 1.23. The van der Waals surface area contributed by atoms with Gasteiger partial charge in [-0.3, -0.25) is 4.79 Å². The second kappa shape index (κ2) is 9.82. The molecule has 1 aliphatic heterocycles. The number of fused-ring (bicyclic) bond motifs is 6. The summed E-state index contributed by atoms with van der Waals surface area (Å²) in [6, 6.07) is 8.73. The van der Waals surface area contributed by atoms with Crippen LogP contribution in [0.2, 0.25) is 0 Å². The number of halogens is 2. The summed E-state index contributed by atoms with van der Waals surface area (Å²) in [6.07, 6.45) is 3.05. The van der Waals surface area contributed by atoms with E-state index in [0.29, 0.717) is 23.4 Å². The van der Waals surface area contributed by atoms with Gasteiger partial charge in [-0.1, -0.05) is 0 Å². The van der Waals surface area contributed by atoms with Gasteiger partial charge in [0.15, 0.2) is 0 Å². The standard InChI is InChI=1S/C23H24F2N4O4S/c1-14(30)29-34(2,31)13-15-8-22-27-21-11-18(19(25)12-26-21)17-5-4-16(24)10-20(17)32-6-3-7-33-23(9-15)28-22/h4-5,8-12,34H,3,6-7,13H2,1-2H3,(H,26,27,28)(H,29,30,31). The lowest BCUT2D eigenvalue weighted by molar-refractivity contribution is -0.115. The van der Waals surface area contributed by atoms with Crippen molar-refractivity contribution in [2.24, 2.45) is 4.36 Å². The summed E-state index contributed by atoms with van der Waals surface area (Å²) < 4.78 is 54.4. The number of carbonyl (C=O) groups excluding carboxylic acids is 1. The summed E-state index contributed by atoms with van der Waals surface area (Å²) in [5.74, 6) is -0.245. The maximum absolute atomic E-state index is 14.7. The molecule has 2 N–H and O–H groups in total. The van der Waals surface area contributed by atoms with Crippen molar-refractivity contribution in [3.8, 4) is 22.8 Å². The predicted molar refractivity (Wildman–Crippen MR) is 127 cm³/mol. The highest BCUT2D eigenvalue weighted by Crippen LogP contribution is 2.34. The van der Waals surface area contributed by atoms with E-state index in [4.69, 9.17) is 9.47 Å². The highest BCUT2D eigenvalue weighted by molar-refractivity contribution is 7.98. The van der Waals surface area contributed by atoms with Crippen molar-refractivity contribution in [2.45, 2.75) is 19.1 Å². The van der Waals surface area contributed by atoms with Crippen LogP contribution < -0.4 is 14.8 Å². The molecule has 1 aliphatic rings. The van der Waals surface area contributed by atoms with E-state index in [1.165, 1.54) is 31.2 Å². The highest BCUT2D eigenvalue weighted by atomic mass is 32.3. The van der Waals surface area contributed by atoms with Gasteiger partial charge in [0.2, 0.25) is 11.8 Å². The van der Waals surface area contributed by atoms with Crippen molar-refractivity contribution in [1.29, 1.82) is 0 Å². The molecule has 34 heavy (non-hydrogen) atoms. The molecular formula is C23H24F2N4O4S. The number of nitrogens with zero attached hydrogens (tertiary/aromatic N) is 3. The molecule has 180 valence electrons. The molecule has 4 rings (SSSR count). The molecular weight excluding hydrogens is 466 g/mol. The third-order valence-corrected chi connectivity index (χ3v) is 6.52. The largest absolute Gasteiger partial charge is 0.493 e. The molecule has 3 heterocycles. The molecule has 0 spiro atoms. The maximum atomic E-state index is 14.7. The predicted octanol–water partition coefficient (Wildman–Crippen LogP) is 4.55. The Balaban J connectivity index is 1.76. The zero-order valence-electron chi connectivity index (χ0n) is 18.6. The smallest absolute Gasteiger partial charge is 0.248 e. The lowest BCUT2D eigenvalue weighted by Gasteiger charge is -2.19. The Morgan fingerprint density at radius 3 is 2.74 bits per heavy atom. The quantitative estimate of drug-likeness (QED) is 0.453. The molecule has 1 amide bonds. The first-order valence-corrected chi connectivity index (χ1v) is 12.8. The molecule has 1 aromatic carbocycles. The van der Waals surface area contributed by atoms with E-state index in [0.717, 1.165) is 6.20 Å². The van der Waals surface area contributed by atoms with Crippen LogP contribution in [0, 0.1) is 11.6 Å². The number of nitrogens with one attached hydrogen (secondary N) is 1. The molecule has 0 radical (unpaired) electrons. The number of thiol groups is 1. The van der Waals surface area contributed by atoms with Crippen LogP contribution in [0.1, 0.15) is 18.9 Å². The first-order chi connectivity index (χ1) is 16.2. The number of hydrogen-bond acceptors (Lipinski definition) is 6. The van der Waals surface area contributed by atoms with E-state index in [1.807, 2.05) is 0 Å². The highest BCUT2D eigenvalue weighted by Gasteiger charge is 2.16. The van der Waals surface area contributed by atoms with Gasteiger partial charge in [-0.05, 0) is 36.1 Å². The Hall–Kier alpha value is -3.44. The normalized spacial score (nSPS) is 13.9. The third kappa shape index (κ3) is 5.91. The minimum absolute atomic E-state index is 0.143. The number of carbonyl (C=O) groups is 1. The van der Waals surface area contributed by atoms with Gasteiger partial charge in [-0.2, -0.15) is 9.35 Å². The fourth-order valence-corrected chi connectivity index (χ4v) is 5.13. The molecule has 0 atom stereocenters. The number of ether oxygens (including phenoxy) is 2. The van der Waals surface area contributed by atoms with Gasteiger partial charge in [0, 0.05) is 42.4 Å². The van der Waals surface area contributed by atoms with Gasteiger partial charge in [-0.15, -0.1) is 10.1 Å². The van der Waals surface area contributed by atoms with Crippen LogP contribution in [0.15, 0.2) is 47.0 Å². The van der Waals surface area contributed by atoms with Gasteiger partial charge >= 0.3 is 0 Å². The van der Waals surface area contributed by atoms with E-state index >= 15 is 0 Å². The number of hydrogen-bond donors (Lipinski definition) is 3. The molecule has 3 aromatic rings. The van der Waals surface area contributed by atoms with Crippen molar-refractivity contribution in [3.63, 3.8) is 0 Å². The van der Waals surface area contributed by atoms with Crippen LogP contribution >= 0.6 is 0 Å². The fraction of sp³-hybridized carbons (Fsp3) is 0.261. The van der Waals surface area contributed by atoms with E-state index in [9.17, 15) is 18.1 Å². The van der Waals surface area contributed by atoms with Crippen LogP contribution in [0.3, 0.4) is 0 Å². The number of amides is 1. The molecule has 4 bridgehead atoms. The van der Waals surface area contributed by atoms with Gasteiger partial charge in [0.05, 0.1) is 19.4 Å². The second-order valence-electron chi connectivity index (χ2n) is 7.93. The third-order valence-electron chi connectivity index (χ3n) is 4.84. The zero-order chi connectivity index (χ0) is 24.3. The van der Waals surface area contributed by atoms with Crippen LogP contribution in [0.4, 0.5) is 20.4 Å². The summed E-state index contributed by atoms with van der Waals surface area (Å²) in [5, 5.41) is 3.02. The molecule has 0 unspecified atom stereocenters. The van der Waals surface area contributed by atoms with Gasteiger partial charge in [-0.25, -0.2) is 13.8 Å². The van der Waals surface area contributed by atoms with E-state index < -0.39 is 27.6 Å².